The summed E-state index contributed by atoms with van der Waals surface area (Å²) >= 11 is 0. The summed E-state index contributed by atoms with van der Waals surface area (Å²) in [5.41, 5.74) is 2.67. The van der Waals surface area contributed by atoms with Gasteiger partial charge in [-0.15, -0.1) is 0 Å². The van der Waals surface area contributed by atoms with Gasteiger partial charge in [0.15, 0.2) is 5.78 Å². The molecule has 0 aromatic heterocycles. The molecular formula is C24H34O2. The molecule has 0 heterocycles. The van der Waals surface area contributed by atoms with Gasteiger partial charge in [-0.05, 0) is 85.7 Å². The minimum absolute atomic E-state index is 0.105. The van der Waals surface area contributed by atoms with Crippen molar-refractivity contribution in [2.45, 2.75) is 73.6 Å². The smallest absolute Gasteiger partial charge is 0.156 e. The Bertz CT molecular complexity index is 743. The van der Waals surface area contributed by atoms with E-state index >= 15 is 0 Å². The summed E-state index contributed by atoms with van der Waals surface area (Å²) in [7, 11) is 0. The van der Waals surface area contributed by atoms with Gasteiger partial charge in [0.1, 0.15) is 5.78 Å². The summed E-state index contributed by atoms with van der Waals surface area (Å²) in [5, 5.41) is 0. The highest BCUT2D eigenvalue weighted by Crippen LogP contribution is 2.70. The number of carbonyl (C=O) groups is 2. The molecule has 0 aromatic rings. The number of fused-ring (bicyclic) bond motifs is 5. The maximum atomic E-state index is 12.6. The molecule has 7 unspecified atom stereocenters. The molecule has 0 saturated heterocycles. The Hall–Kier alpha value is -1.18. The lowest BCUT2D eigenvalue weighted by atomic mass is 9.44. The largest absolute Gasteiger partial charge is 0.299 e. The molecule has 0 aromatic carbocycles. The van der Waals surface area contributed by atoms with E-state index in [9.17, 15) is 9.59 Å². The van der Waals surface area contributed by atoms with E-state index < -0.39 is 0 Å². The molecule has 0 amide bonds. The van der Waals surface area contributed by atoms with Crippen LogP contribution in [0.2, 0.25) is 0 Å². The molecule has 2 fully saturated rings. The highest BCUT2D eigenvalue weighted by atomic mass is 16.1. The molecule has 2 heteroatoms. The highest BCUT2D eigenvalue weighted by molar-refractivity contribution is 5.93. The summed E-state index contributed by atoms with van der Waals surface area (Å²) in [6.45, 7) is 13.3. The summed E-state index contributed by atoms with van der Waals surface area (Å²) in [4.78, 5) is 24.8. The molecule has 2 nitrogen and oxygen atoms in total. The Labute approximate surface area is 158 Å². The summed E-state index contributed by atoms with van der Waals surface area (Å²) in [6.07, 6.45) is 9.64. The van der Waals surface area contributed by atoms with Crippen LogP contribution in [0.4, 0.5) is 0 Å². The van der Waals surface area contributed by atoms with E-state index in [4.69, 9.17) is 0 Å². The second-order valence-corrected chi connectivity index (χ2v) is 10.4. The summed E-state index contributed by atoms with van der Waals surface area (Å²) in [5.74, 6) is 2.81. The molecule has 7 atom stereocenters. The third-order valence-corrected chi connectivity index (χ3v) is 9.77. The van der Waals surface area contributed by atoms with Crippen LogP contribution in [0, 0.1) is 39.9 Å². The molecule has 0 bridgehead atoms. The van der Waals surface area contributed by atoms with Gasteiger partial charge in [-0.3, -0.25) is 9.59 Å². The molecule has 0 aliphatic heterocycles. The lowest BCUT2D eigenvalue weighted by molar-refractivity contribution is -0.137. The van der Waals surface area contributed by atoms with E-state index in [0.717, 1.165) is 12.8 Å². The Morgan fingerprint density at radius 2 is 1.77 bits per heavy atom. The van der Waals surface area contributed by atoms with Crippen molar-refractivity contribution in [3.8, 4) is 0 Å². The number of hydrogen-bond acceptors (Lipinski definition) is 2. The summed E-state index contributed by atoms with van der Waals surface area (Å²) in [6, 6.07) is 0. The lowest BCUT2D eigenvalue weighted by Gasteiger charge is -2.59. The van der Waals surface area contributed by atoms with Gasteiger partial charge in [-0.1, -0.05) is 39.3 Å². The van der Waals surface area contributed by atoms with E-state index in [-0.39, 0.29) is 16.2 Å². The van der Waals surface area contributed by atoms with Crippen LogP contribution < -0.4 is 0 Å². The second kappa shape index (κ2) is 5.42. The van der Waals surface area contributed by atoms with Crippen molar-refractivity contribution >= 4 is 11.6 Å². The predicted molar refractivity (Wildman–Crippen MR) is 105 cm³/mol. The van der Waals surface area contributed by atoms with Crippen LogP contribution in [-0.4, -0.2) is 11.6 Å². The fraction of sp³-hybridized carbons (Fsp3) is 0.750. The van der Waals surface area contributed by atoms with Crippen molar-refractivity contribution in [2.24, 2.45) is 39.9 Å². The number of allylic oxidation sites excluding steroid dienone is 4. The van der Waals surface area contributed by atoms with Crippen molar-refractivity contribution in [3.63, 3.8) is 0 Å². The van der Waals surface area contributed by atoms with Crippen LogP contribution in [-0.2, 0) is 9.59 Å². The van der Waals surface area contributed by atoms with Gasteiger partial charge in [0.25, 0.3) is 0 Å². The number of hydrogen-bond donors (Lipinski definition) is 0. The third-order valence-electron chi connectivity index (χ3n) is 9.77. The van der Waals surface area contributed by atoms with Gasteiger partial charge < -0.3 is 0 Å². The fourth-order valence-corrected chi connectivity index (χ4v) is 7.61. The first-order valence-electron chi connectivity index (χ1n) is 10.5. The van der Waals surface area contributed by atoms with Crippen LogP contribution in [0.3, 0.4) is 0 Å². The van der Waals surface area contributed by atoms with Crippen LogP contribution in [0.1, 0.15) is 73.6 Å². The van der Waals surface area contributed by atoms with E-state index in [1.807, 2.05) is 6.08 Å². The van der Waals surface area contributed by atoms with Gasteiger partial charge in [-0.25, -0.2) is 0 Å². The van der Waals surface area contributed by atoms with Crippen molar-refractivity contribution in [1.29, 1.82) is 0 Å². The maximum Gasteiger partial charge on any atom is 0.156 e. The Kier molecular flexibility index (Phi) is 3.80. The molecule has 26 heavy (non-hydrogen) atoms. The molecule has 4 aliphatic carbocycles. The average Bonchev–Trinajstić information content (AvgIpc) is 2.83. The molecule has 0 N–H and O–H groups in total. The Balaban J connectivity index is 1.82. The average molecular weight is 355 g/mol. The van der Waals surface area contributed by atoms with Crippen molar-refractivity contribution in [2.75, 3.05) is 0 Å². The van der Waals surface area contributed by atoms with Crippen molar-refractivity contribution in [3.05, 3.63) is 23.3 Å². The third kappa shape index (κ3) is 1.99. The number of carbonyl (C=O) groups excluding carboxylic acids is 2. The maximum absolute atomic E-state index is 12.6. The number of Topliss-reactive ketones (excluding diaryl/α,β-unsaturated/α-hetero) is 1. The lowest BCUT2D eigenvalue weighted by Crippen LogP contribution is -2.54. The molecule has 4 aliphatic rings. The van der Waals surface area contributed by atoms with E-state index in [1.165, 1.54) is 24.0 Å². The predicted octanol–water partition coefficient (Wildman–Crippen LogP) is 5.53. The fourth-order valence-electron chi connectivity index (χ4n) is 7.61. The quantitative estimate of drug-likeness (QED) is 0.621. The first kappa shape index (κ1) is 18.2. The second-order valence-electron chi connectivity index (χ2n) is 10.4. The molecular weight excluding hydrogens is 320 g/mol. The first-order chi connectivity index (χ1) is 12.1. The van der Waals surface area contributed by atoms with Crippen LogP contribution in [0.25, 0.3) is 0 Å². The zero-order valence-corrected chi connectivity index (χ0v) is 17.3. The van der Waals surface area contributed by atoms with E-state index in [0.29, 0.717) is 41.7 Å². The zero-order chi connectivity index (χ0) is 19.1. The number of rotatable bonds is 1. The molecule has 142 valence electrons. The van der Waals surface area contributed by atoms with Gasteiger partial charge in [0.05, 0.1) is 0 Å². The van der Waals surface area contributed by atoms with Crippen molar-refractivity contribution < 1.29 is 9.59 Å². The molecule has 0 spiro atoms. The van der Waals surface area contributed by atoms with Gasteiger partial charge >= 0.3 is 0 Å². The monoisotopic (exact) mass is 354 g/mol. The topological polar surface area (TPSA) is 34.1 Å². The Morgan fingerprint density at radius 1 is 1.12 bits per heavy atom. The van der Waals surface area contributed by atoms with E-state index in [2.05, 4.69) is 40.7 Å². The normalized spacial score (nSPS) is 50.3. The minimum atomic E-state index is -0.171. The molecule has 4 rings (SSSR count). The van der Waals surface area contributed by atoms with Gasteiger partial charge in [0, 0.05) is 11.8 Å². The zero-order valence-electron chi connectivity index (χ0n) is 17.3. The highest BCUT2D eigenvalue weighted by Gasteiger charge is 2.64. The van der Waals surface area contributed by atoms with Crippen LogP contribution in [0.15, 0.2) is 23.3 Å². The van der Waals surface area contributed by atoms with E-state index in [1.54, 1.807) is 6.92 Å². The minimum Gasteiger partial charge on any atom is -0.299 e. The van der Waals surface area contributed by atoms with Gasteiger partial charge in [0.2, 0.25) is 0 Å². The summed E-state index contributed by atoms with van der Waals surface area (Å²) < 4.78 is 0. The van der Waals surface area contributed by atoms with Crippen molar-refractivity contribution in [1.82, 2.24) is 0 Å². The number of ketones is 2. The van der Waals surface area contributed by atoms with Crippen LogP contribution in [0.5, 0.6) is 0 Å². The Morgan fingerprint density at radius 3 is 2.42 bits per heavy atom. The van der Waals surface area contributed by atoms with Crippen LogP contribution >= 0.6 is 0 Å². The molecule has 2 saturated carbocycles. The SMILES string of the molecule is CC(=O)C1(C)CCC2C3C=C(C)C4=CC(=O)CC(C)C4(C)C3CCC21C. The van der Waals surface area contributed by atoms with Gasteiger partial charge in [-0.2, -0.15) is 0 Å². The first-order valence-corrected chi connectivity index (χ1v) is 10.5. The molecule has 0 radical (unpaired) electrons. The standard InChI is InChI=1S/C24H34O2/c1-14-11-18-19-7-9-22(4,16(3)25)23(19,5)10-8-20(18)24(6)15(2)12-17(26)13-21(14)24/h11,13,15,18-20H,7-10,12H2,1-6H3.